The first-order valence-electron chi connectivity index (χ1n) is 10.9. The molecule has 0 radical (unpaired) electrons. The van der Waals surface area contributed by atoms with Gasteiger partial charge in [0.1, 0.15) is 11.6 Å². The molecule has 0 bridgehead atoms. The van der Waals surface area contributed by atoms with E-state index in [4.69, 9.17) is 0 Å². The highest BCUT2D eigenvalue weighted by Gasteiger charge is 2.16. The van der Waals surface area contributed by atoms with Crippen LogP contribution in [0.3, 0.4) is 0 Å². The summed E-state index contributed by atoms with van der Waals surface area (Å²) in [5.41, 5.74) is 3.56. The number of carbonyl (C=O) groups excluding carboxylic acids is 1. The molecule has 1 amide bonds. The lowest BCUT2D eigenvalue weighted by molar-refractivity contribution is 0.0796. The molecule has 0 aliphatic carbocycles. The van der Waals surface area contributed by atoms with Crippen molar-refractivity contribution in [1.29, 1.82) is 0 Å². The van der Waals surface area contributed by atoms with Crippen molar-refractivity contribution >= 4 is 44.2 Å². The number of fused-ring (bicyclic) bond motifs is 2. The zero-order chi connectivity index (χ0) is 23.7. The maximum absolute atomic E-state index is 12.9. The van der Waals surface area contributed by atoms with Gasteiger partial charge in [-0.25, -0.2) is 4.98 Å². The second-order valence-electron chi connectivity index (χ2n) is 8.03. The van der Waals surface area contributed by atoms with E-state index in [0.717, 1.165) is 27.6 Å². The van der Waals surface area contributed by atoms with Crippen molar-refractivity contribution in [3.8, 4) is 17.0 Å². The lowest BCUT2D eigenvalue weighted by atomic mass is 10.1. The molecular formula is C25H23BrN6O2. The second-order valence-corrected chi connectivity index (χ2v) is 8.88. The third-order valence-corrected chi connectivity index (χ3v) is 6.31. The molecular weight excluding hydrogens is 496 g/mol. The smallest absolute Gasteiger partial charge is 0.255 e. The normalized spacial score (nSPS) is 11.2. The Morgan fingerprint density at radius 3 is 2.85 bits per heavy atom. The van der Waals surface area contributed by atoms with E-state index < -0.39 is 0 Å². The van der Waals surface area contributed by atoms with Crippen LogP contribution in [0.2, 0.25) is 0 Å². The predicted molar refractivity (Wildman–Crippen MR) is 136 cm³/mol. The number of carbonyl (C=O) groups is 1. The van der Waals surface area contributed by atoms with Crippen molar-refractivity contribution in [2.24, 2.45) is 0 Å². The number of aromatic hydroxyl groups is 1. The first-order chi connectivity index (χ1) is 16.5. The molecule has 0 aliphatic heterocycles. The van der Waals surface area contributed by atoms with Gasteiger partial charge >= 0.3 is 0 Å². The second kappa shape index (κ2) is 9.18. The molecule has 172 valence electrons. The molecule has 5 rings (SSSR count). The van der Waals surface area contributed by atoms with Crippen LogP contribution in [0.15, 0.2) is 71.5 Å². The number of phenols is 1. The summed E-state index contributed by atoms with van der Waals surface area (Å²) in [5, 5.41) is 19.0. The summed E-state index contributed by atoms with van der Waals surface area (Å²) >= 11 is 3.50. The average Bonchev–Trinajstić information content (AvgIpc) is 3.45. The quantitative estimate of drug-likeness (QED) is 0.265. The number of aromatic nitrogens is 4. The number of benzene rings is 2. The van der Waals surface area contributed by atoms with E-state index in [9.17, 15) is 9.90 Å². The van der Waals surface area contributed by atoms with Gasteiger partial charge in [-0.15, -0.1) is 0 Å². The zero-order valence-corrected chi connectivity index (χ0v) is 20.1. The Kier molecular flexibility index (Phi) is 5.93. The topological polar surface area (TPSA) is 98.5 Å². The van der Waals surface area contributed by atoms with Crippen molar-refractivity contribution in [2.45, 2.75) is 6.42 Å². The maximum Gasteiger partial charge on any atom is 0.255 e. The summed E-state index contributed by atoms with van der Waals surface area (Å²) in [4.78, 5) is 22.5. The van der Waals surface area contributed by atoms with Crippen LogP contribution in [-0.4, -0.2) is 55.6 Å². The molecule has 34 heavy (non-hydrogen) atoms. The Labute approximate surface area is 204 Å². The van der Waals surface area contributed by atoms with Crippen LogP contribution in [0.5, 0.6) is 5.75 Å². The van der Waals surface area contributed by atoms with Gasteiger partial charge in [0.2, 0.25) is 0 Å². The van der Waals surface area contributed by atoms with Crippen LogP contribution in [0.4, 0.5) is 5.82 Å². The molecule has 0 unspecified atom stereocenters. The molecule has 0 saturated carbocycles. The van der Waals surface area contributed by atoms with E-state index in [1.165, 1.54) is 0 Å². The Morgan fingerprint density at radius 1 is 1.21 bits per heavy atom. The number of nitrogens with one attached hydrogen (secondary N) is 2. The largest absolute Gasteiger partial charge is 0.507 e. The molecule has 3 N–H and O–H groups in total. The Bertz CT molecular complexity index is 1490. The highest BCUT2D eigenvalue weighted by atomic mass is 79.9. The number of phenolic OH excluding ortho intramolecular Hbond substituents is 1. The van der Waals surface area contributed by atoms with Gasteiger partial charge in [-0.1, -0.05) is 30.3 Å². The summed E-state index contributed by atoms with van der Waals surface area (Å²) in [6.07, 6.45) is 4.20. The van der Waals surface area contributed by atoms with E-state index in [1.807, 2.05) is 49.5 Å². The molecule has 0 saturated heterocycles. The number of hydrogen-bond acceptors (Lipinski definition) is 5. The first-order valence-corrected chi connectivity index (χ1v) is 11.7. The van der Waals surface area contributed by atoms with Crippen LogP contribution >= 0.6 is 15.9 Å². The number of H-pyrrole nitrogens is 1. The summed E-state index contributed by atoms with van der Waals surface area (Å²) in [7, 11) is 1.82. The minimum atomic E-state index is -0.0124. The van der Waals surface area contributed by atoms with Crippen molar-refractivity contribution in [2.75, 3.05) is 25.5 Å². The van der Waals surface area contributed by atoms with Gasteiger partial charge in [-0.05, 0) is 40.5 Å². The van der Waals surface area contributed by atoms with Gasteiger partial charge in [-0.2, -0.15) is 9.61 Å². The van der Waals surface area contributed by atoms with Crippen LogP contribution in [0.1, 0.15) is 16.8 Å². The summed E-state index contributed by atoms with van der Waals surface area (Å²) in [5.74, 6) is 0.902. The van der Waals surface area contributed by atoms with E-state index in [2.05, 4.69) is 36.3 Å². The Balaban J connectivity index is 1.29. The third kappa shape index (κ3) is 4.10. The zero-order valence-electron chi connectivity index (χ0n) is 18.5. The lowest BCUT2D eigenvalue weighted by Gasteiger charge is -2.17. The number of rotatable bonds is 7. The average molecular weight is 519 g/mol. The molecule has 0 spiro atoms. The highest BCUT2D eigenvalue weighted by molar-refractivity contribution is 9.10. The molecule has 8 nitrogen and oxygen atoms in total. The van der Waals surface area contributed by atoms with Gasteiger partial charge < -0.3 is 20.3 Å². The minimum absolute atomic E-state index is 0.0124. The van der Waals surface area contributed by atoms with Crippen LogP contribution in [0, 0.1) is 0 Å². The number of amides is 1. The monoisotopic (exact) mass is 518 g/mol. The summed E-state index contributed by atoms with van der Waals surface area (Å²) in [6, 6.07) is 16.8. The number of hydrogen-bond donors (Lipinski definition) is 3. The fourth-order valence-corrected chi connectivity index (χ4v) is 4.33. The van der Waals surface area contributed by atoms with Crippen molar-refractivity contribution < 1.29 is 9.90 Å². The van der Waals surface area contributed by atoms with Crippen molar-refractivity contribution in [3.63, 3.8) is 0 Å². The number of aromatic amines is 1. The summed E-state index contributed by atoms with van der Waals surface area (Å²) in [6.45, 7) is 1.22. The molecule has 0 fully saturated rings. The predicted octanol–water partition coefficient (Wildman–Crippen LogP) is 4.92. The molecule has 5 aromatic rings. The van der Waals surface area contributed by atoms with Crippen molar-refractivity contribution in [1.82, 2.24) is 24.5 Å². The highest BCUT2D eigenvalue weighted by Crippen LogP contribution is 2.31. The SMILES string of the molecule is CN(CCCNc1cc(-c2ccccc2O)nc2c(Br)cnn12)C(=O)c1c[nH]c2ccccc12. The van der Waals surface area contributed by atoms with Gasteiger partial charge in [0, 0.05) is 48.9 Å². The number of anilines is 1. The third-order valence-electron chi connectivity index (χ3n) is 5.75. The Morgan fingerprint density at radius 2 is 2.00 bits per heavy atom. The standard InChI is InChI=1S/C25H23BrN6O2/c1-31(25(34)18-14-28-20-9-4-2-7-16(18)20)12-6-11-27-23-13-21(17-8-3-5-10-22(17)33)30-24-19(26)15-29-32(23)24/h2-5,7-10,13-15,27-28,33H,6,11-12H2,1H3. The Hall–Kier alpha value is -3.85. The number of nitrogens with zero attached hydrogens (tertiary/aromatic N) is 4. The van der Waals surface area contributed by atoms with Gasteiger partial charge in [0.05, 0.1) is 21.9 Å². The summed E-state index contributed by atoms with van der Waals surface area (Å²) < 4.78 is 2.48. The number of para-hydroxylation sites is 2. The lowest BCUT2D eigenvalue weighted by Crippen LogP contribution is -2.28. The van der Waals surface area contributed by atoms with Gasteiger partial charge in [0.15, 0.2) is 5.65 Å². The molecule has 0 atom stereocenters. The first kappa shape index (κ1) is 22.0. The van der Waals surface area contributed by atoms with E-state index in [1.54, 1.807) is 33.9 Å². The van der Waals surface area contributed by atoms with Crippen LogP contribution in [-0.2, 0) is 0 Å². The van der Waals surface area contributed by atoms with E-state index in [0.29, 0.717) is 35.6 Å². The fraction of sp³-hybridized carbons (Fsp3) is 0.160. The maximum atomic E-state index is 12.9. The van der Waals surface area contributed by atoms with Gasteiger partial charge in [0.25, 0.3) is 5.91 Å². The van der Waals surface area contributed by atoms with E-state index >= 15 is 0 Å². The fourth-order valence-electron chi connectivity index (χ4n) is 3.98. The molecule has 0 aliphatic rings. The molecule has 3 aromatic heterocycles. The van der Waals surface area contributed by atoms with Gasteiger partial charge in [-0.3, -0.25) is 4.79 Å². The molecule has 2 aromatic carbocycles. The van der Waals surface area contributed by atoms with E-state index in [-0.39, 0.29) is 11.7 Å². The van der Waals surface area contributed by atoms with Crippen LogP contribution in [0.25, 0.3) is 27.8 Å². The number of halogens is 1. The van der Waals surface area contributed by atoms with Crippen molar-refractivity contribution in [3.05, 3.63) is 77.0 Å². The van der Waals surface area contributed by atoms with Crippen LogP contribution < -0.4 is 5.32 Å². The minimum Gasteiger partial charge on any atom is -0.507 e. The molecule has 3 heterocycles. The molecule has 9 heteroatoms.